The Morgan fingerprint density at radius 1 is 1.24 bits per heavy atom. The van der Waals surface area contributed by atoms with Crippen LogP contribution in [-0.2, 0) is 16.0 Å². The number of hydrogen-bond acceptors (Lipinski definition) is 7. The van der Waals surface area contributed by atoms with Crippen LogP contribution in [0.2, 0.25) is 0 Å². The van der Waals surface area contributed by atoms with Gasteiger partial charge in [0.05, 0.1) is 13.3 Å². The van der Waals surface area contributed by atoms with E-state index in [-0.39, 0.29) is 18.2 Å². The molecule has 146 valence electrons. The Bertz CT molecular complexity index is 1210. The number of nitrogens with zero attached hydrogens (tertiary/aromatic N) is 4. The number of carbonyl (C=O) groups is 2. The molecule has 0 saturated carbocycles. The van der Waals surface area contributed by atoms with E-state index in [0.29, 0.717) is 28.4 Å². The van der Waals surface area contributed by atoms with E-state index in [1.165, 1.54) is 13.3 Å². The molecule has 0 atom stereocenters. The zero-order valence-electron chi connectivity index (χ0n) is 15.7. The van der Waals surface area contributed by atoms with E-state index in [0.717, 1.165) is 5.56 Å². The highest BCUT2D eigenvalue weighted by molar-refractivity contribution is 6.04. The highest BCUT2D eigenvalue weighted by atomic mass is 16.5. The van der Waals surface area contributed by atoms with Crippen LogP contribution in [0.1, 0.15) is 21.9 Å². The van der Waals surface area contributed by atoms with Gasteiger partial charge in [0.25, 0.3) is 5.91 Å². The topological polar surface area (TPSA) is 112 Å². The second-order valence-corrected chi connectivity index (χ2v) is 6.32. The Morgan fingerprint density at radius 2 is 2.10 bits per heavy atom. The summed E-state index contributed by atoms with van der Waals surface area (Å²) in [7, 11) is 1.29. The lowest BCUT2D eigenvalue weighted by atomic mass is 10.1. The number of aryl methyl sites for hydroxylation is 1. The summed E-state index contributed by atoms with van der Waals surface area (Å²) < 4.78 is 11.4. The van der Waals surface area contributed by atoms with E-state index in [9.17, 15) is 9.59 Å². The second-order valence-electron chi connectivity index (χ2n) is 6.32. The summed E-state index contributed by atoms with van der Waals surface area (Å²) in [5.74, 6) is -0.286. The lowest BCUT2D eigenvalue weighted by Crippen LogP contribution is -2.15. The molecule has 1 N–H and O–H groups in total. The van der Waals surface area contributed by atoms with Crippen LogP contribution in [0.25, 0.3) is 17.0 Å². The first-order valence-electron chi connectivity index (χ1n) is 8.79. The SMILES string of the molecule is COC(=O)Cc1nc(-c2ccc(C)c(NC(=O)c3cnc4ccccn34)c2)no1. The number of ether oxygens (including phenoxy) is 1. The van der Waals surface area contributed by atoms with Gasteiger partial charge in [-0.25, -0.2) is 4.98 Å². The first-order valence-corrected chi connectivity index (χ1v) is 8.79. The monoisotopic (exact) mass is 391 g/mol. The fourth-order valence-corrected chi connectivity index (χ4v) is 2.82. The Hall–Kier alpha value is -4.01. The van der Waals surface area contributed by atoms with Gasteiger partial charge in [0.2, 0.25) is 11.7 Å². The van der Waals surface area contributed by atoms with Crippen LogP contribution in [0, 0.1) is 6.92 Å². The van der Waals surface area contributed by atoms with Crippen molar-refractivity contribution in [3.8, 4) is 11.4 Å². The molecule has 0 unspecified atom stereocenters. The van der Waals surface area contributed by atoms with Crippen molar-refractivity contribution in [1.29, 1.82) is 0 Å². The number of benzene rings is 1. The molecule has 0 saturated heterocycles. The molecule has 0 radical (unpaired) electrons. The van der Waals surface area contributed by atoms with E-state index in [4.69, 9.17) is 4.52 Å². The Kier molecular flexibility index (Phi) is 4.78. The molecule has 0 aliphatic rings. The number of carbonyl (C=O) groups excluding carboxylic acids is 2. The van der Waals surface area contributed by atoms with Gasteiger partial charge in [-0.05, 0) is 30.7 Å². The minimum absolute atomic E-state index is 0.104. The minimum Gasteiger partial charge on any atom is -0.469 e. The number of aromatic nitrogens is 4. The van der Waals surface area contributed by atoms with Gasteiger partial charge in [0.1, 0.15) is 17.8 Å². The number of amides is 1. The molecule has 29 heavy (non-hydrogen) atoms. The predicted octanol–water partition coefficient (Wildman–Crippen LogP) is 2.66. The number of nitrogens with one attached hydrogen (secondary N) is 1. The minimum atomic E-state index is -0.468. The standard InChI is InChI=1S/C20H17N5O4/c1-12-6-7-13(19-23-17(29-24-19)10-18(26)28-2)9-14(12)22-20(27)15-11-21-16-5-3-4-8-25(15)16/h3-9,11H,10H2,1-2H3,(H,22,27). The number of rotatable bonds is 5. The summed E-state index contributed by atoms with van der Waals surface area (Å²) in [5, 5.41) is 6.80. The van der Waals surface area contributed by atoms with Gasteiger partial charge in [-0.3, -0.25) is 14.0 Å². The molecule has 3 heterocycles. The van der Waals surface area contributed by atoms with E-state index in [1.807, 2.05) is 37.3 Å². The average Bonchev–Trinajstić information content (AvgIpc) is 3.36. The molecule has 1 amide bonds. The molecule has 0 bridgehead atoms. The quantitative estimate of drug-likeness (QED) is 0.521. The third-order valence-corrected chi connectivity index (χ3v) is 4.38. The molecule has 0 aliphatic carbocycles. The summed E-state index contributed by atoms with van der Waals surface area (Å²) in [6.45, 7) is 1.88. The number of imidazole rings is 1. The summed E-state index contributed by atoms with van der Waals surface area (Å²) in [4.78, 5) is 32.6. The molecule has 1 aromatic carbocycles. The molecule has 9 nitrogen and oxygen atoms in total. The maximum absolute atomic E-state index is 12.8. The third-order valence-electron chi connectivity index (χ3n) is 4.38. The first-order chi connectivity index (χ1) is 14.0. The smallest absolute Gasteiger partial charge is 0.315 e. The normalized spacial score (nSPS) is 10.8. The van der Waals surface area contributed by atoms with Gasteiger partial charge in [-0.2, -0.15) is 4.98 Å². The van der Waals surface area contributed by atoms with Crippen LogP contribution >= 0.6 is 0 Å². The zero-order chi connectivity index (χ0) is 20.4. The van der Waals surface area contributed by atoms with Crippen LogP contribution in [0.5, 0.6) is 0 Å². The van der Waals surface area contributed by atoms with Crippen LogP contribution in [0.3, 0.4) is 0 Å². The van der Waals surface area contributed by atoms with E-state index in [1.54, 1.807) is 16.7 Å². The van der Waals surface area contributed by atoms with Crippen molar-refractivity contribution in [2.24, 2.45) is 0 Å². The van der Waals surface area contributed by atoms with Crippen molar-refractivity contribution < 1.29 is 18.8 Å². The second kappa shape index (κ2) is 7.55. The van der Waals surface area contributed by atoms with Crippen molar-refractivity contribution in [3.63, 3.8) is 0 Å². The van der Waals surface area contributed by atoms with E-state index in [2.05, 4.69) is 25.2 Å². The van der Waals surface area contributed by atoms with Crippen LogP contribution in [-0.4, -0.2) is 38.5 Å². The maximum atomic E-state index is 12.8. The molecule has 4 rings (SSSR count). The van der Waals surface area contributed by atoms with Crippen molar-refractivity contribution in [3.05, 3.63) is 65.9 Å². The van der Waals surface area contributed by atoms with Gasteiger partial charge < -0.3 is 14.6 Å². The van der Waals surface area contributed by atoms with Gasteiger partial charge in [0, 0.05) is 17.4 Å². The van der Waals surface area contributed by atoms with Crippen molar-refractivity contribution in [2.75, 3.05) is 12.4 Å². The summed E-state index contributed by atoms with van der Waals surface area (Å²) in [6, 6.07) is 10.9. The van der Waals surface area contributed by atoms with Gasteiger partial charge in [-0.1, -0.05) is 23.4 Å². The number of hydrogen-bond donors (Lipinski definition) is 1. The van der Waals surface area contributed by atoms with Gasteiger partial charge >= 0.3 is 5.97 Å². The third kappa shape index (κ3) is 3.70. The number of pyridine rings is 1. The lowest BCUT2D eigenvalue weighted by Gasteiger charge is -2.09. The number of esters is 1. The Balaban J connectivity index is 1.59. The van der Waals surface area contributed by atoms with Crippen LogP contribution in [0.15, 0.2) is 53.3 Å². The Morgan fingerprint density at radius 3 is 2.93 bits per heavy atom. The Labute approximate surface area is 165 Å². The van der Waals surface area contributed by atoms with Crippen molar-refractivity contribution in [1.82, 2.24) is 19.5 Å². The number of methoxy groups -OCH3 is 1. The average molecular weight is 391 g/mol. The van der Waals surface area contributed by atoms with Crippen LogP contribution < -0.4 is 5.32 Å². The number of fused-ring (bicyclic) bond motifs is 1. The molecular weight excluding hydrogens is 374 g/mol. The molecule has 4 aromatic rings. The maximum Gasteiger partial charge on any atom is 0.315 e. The van der Waals surface area contributed by atoms with Crippen molar-refractivity contribution >= 4 is 23.2 Å². The van der Waals surface area contributed by atoms with Gasteiger partial charge in [0.15, 0.2) is 0 Å². The lowest BCUT2D eigenvalue weighted by molar-refractivity contribution is -0.140. The first kappa shape index (κ1) is 18.4. The summed E-state index contributed by atoms with van der Waals surface area (Å²) in [6.07, 6.45) is 3.21. The highest BCUT2D eigenvalue weighted by Gasteiger charge is 2.16. The largest absolute Gasteiger partial charge is 0.469 e. The van der Waals surface area contributed by atoms with E-state index >= 15 is 0 Å². The number of anilines is 1. The van der Waals surface area contributed by atoms with Crippen LogP contribution in [0.4, 0.5) is 5.69 Å². The fourth-order valence-electron chi connectivity index (χ4n) is 2.82. The molecule has 0 fully saturated rings. The predicted molar refractivity (Wildman–Crippen MR) is 103 cm³/mol. The molecular formula is C20H17N5O4. The summed E-state index contributed by atoms with van der Waals surface area (Å²) in [5.41, 5.74) is 3.23. The van der Waals surface area contributed by atoms with Crippen molar-refractivity contribution in [2.45, 2.75) is 13.3 Å². The van der Waals surface area contributed by atoms with E-state index < -0.39 is 5.97 Å². The fraction of sp³-hybridized carbons (Fsp3) is 0.150. The molecule has 3 aromatic heterocycles. The highest BCUT2D eigenvalue weighted by Crippen LogP contribution is 2.24. The molecule has 0 aliphatic heterocycles. The molecule has 9 heteroatoms. The van der Waals surface area contributed by atoms with Gasteiger partial charge in [-0.15, -0.1) is 0 Å². The zero-order valence-corrected chi connectivity index (χ0v) is 15.7. The summed E-state index contributed by atoms with van der Waals surface area (Å²) >= 11 is 0. The molecule has 0 spiro atoms.